The largest absolute Gasteiger partial charge is 0.475 e. The molecule has 1 aliphatic heterocycles. The minimum atomic E-state index is 0.140. The first-order valence-corrected chi connectivity index (χ1v) is 9.05. The van der Waals surface area contributed by atoms with Crippen molar-refractivity contribution in [3.05, 3.63) is 34.3 Å². The summed E-state index contributed by atoms with van der Waals surface area (Å²) in [5, 5.41) is 3.40. The number of piperidine rings is 1. The Balaban J connectivity index is 1.57. The summed E-state index contributed by atoms with van der Waals surface area (Å²) in [6.07, 6.45) is 5.06. The molecule has 7 heteroatoms. The number of nitrogens with zero attached hydrogens (tertiary/aromatic N) is 3. The van der Waals surface area contributed by atoms with Crippen molar-refractivity contribution < 1.29 is 9.53 Å². The minimum absolute atomic E-state index is 0.140. The van der Waals surface area contributed by atoms with Crippen molar-refractivity contribution in [1.82, 2.24) is 14.9 Å². The van der Waals surface area contributed by atoms with Gasteiger partial charge in [-0.1, -0.05) is 0 Å². The Morgan fingerprint density at radius 1 is 1.33 bits per heavy atom. The molecule has 3 rings (SSSR count). The quantitative estimate of drug-likeness (QED) is 0.901. The van der Waals surface area contributed by atoms with Crippen LogP contribution < -0.4 is 10.1 Å². The second-order valence-electron chi connectivity index (χ2n) is 5.76. The van der Waals surface area contributed by atoms with Crippen LogP contribution in [0.3, 0.4) is 0 Å². The Hall–Kier alpha value is -2.15. The Morgan fingerprint density at radius 2 is 2.08 bits per heavy atom. The van der Waals surface area contributed by atoms with Crippen molar-refractivity contribution in [2.45, 2.75) is 32.7 Å². The summed E-state index contributed by atoms with van der Waals surface area (Å²) in [7, 11) is 0. The number of rotatable bonds is 5. The second kappa shape index (κ2) is 7.61. The summed E-state index contributed by atoms with van der Waals surface area (Å²) in [6, 6.07) is 4.19. The van der Waals surface area contributed by atoms with Crippen LogP contribution in [0.4, 0.5) is 5.82 Å². The monoisotopic (exact) mass is 346 g/mol. The van der Waals surface area contributed by atoms with Crippen molar-refractivity contribution in [1.29, 1.82) is 0 Å². The van der Waals surface area contributed by atoms with E-state index in [4.69, 9.17) is 4.74 Å². The van der Waals surface area contributed by atoms with Crippen LogP contribution in [0.2, 0.25) is 0 Å². The lowest BCUT2D eigenvalue weighted by Crippen LogP contribution is -2.42. The van der Waals surface area contributed by atoms with Crippen LogP contribution >= 0.6 is 11.3 Å². The van der Waals surface area contributed by atoms with E-state index in [1.165, 1.54) is 4.88 Å². The molecular weight excluding hydrogens is 324 g/mol. The molecule has 1 aliphatic rings. The van der Waals surface area contributed by atoms with Crippen LogP contribution in [-0.4, -0.2) is 46.5 Å². The lowest BCUT2D eigenvalue weighted by molar-refractivity contribution is 0.0723. The maximum atomic E-state index is 12.5. The number of amides is 1. The molecule has 1 saturated heterocycles. The highest BCUT2D eigenvalue weighted by Gasteiger charge is 2.25. The van der Waals surface area contributed by atoms with E-state index in [-0.39, 0.29) is 11.9 Å². The summed E-state index contributed by atoms with van der Waals surface area (Å²) in [4.78, 5) is 24.9. The number of likely N-dealkylation sites (tertiary alicyclic amines) is 1. The number of anilines is 1. The lowest BCUT2D eigenvalue weighted by Gasteiger charge is -2.32. The lowest BCUT2D eigenvalue weighted by atomic mass is 10.0. The Bertz CT molecular complexity index is 695. The third-order valence-corrected chi connectivity index (χ3v) is 5.01. The molecule has 128 valence electrons. The van der Waals surface area contributed by atoms with Gasteiger partial charge in [-0.3, -0.25) is 4.79 Å². The topological polar surface area (TPSA) is 67.4 Å². The van der Waals surface area contributed by atoms with E-state index in [9.17, 15) is 4.79 Å². The molecular formula is C17H22N4O2S. The summed E-state index contributed by atoms with van der Waals surface area (Å²) < 4.78 is 5.50. The molecule has 2 aromatic heterocycles. The zero-order valence-corrected chi connectivity index (χ0v) is 14.8. The number of thiophene rings is 1. The van der Waals surface area contributed by atoms with Gasteiger partial charge in [-0.05, 0) is 38.8 Å². The van der Waals surface area contributed by atoms with Gasteiger partial charge in [-0.2, -0.15) is 0 Å². The highest BCUT2D eigenvalue weighted by atomic mass is 32.1. The van der Waals surface area contributed by atoms with E-state index >= 15 is 0 Å². The second-order valence-corrected chi connectivity index (χ2v) is 7.05. The van der Waals surface area contributed by atoms with E-state index in [1.807, 2.05) is 30.9 Å². The fourth-order valence-corrected chi connectivity index (χ4v) is 3.63. The van der Waals surface area contributed by atoms with E-state index in [1.54, 1.807) is 23.7 Å². The Labute approximate surface area is 145 Å². The number of hydrogen-bond acceptors (Lipinski definition) is 6. The fourth-order valence-electron chi connectivity index (χ4n) is 2.79. The zero-order valence-electron chi connectivity index (χ0n) is 14.0. The summed E-state index contributed by atoms with van der Waals surface area (Å²) >= 11 is 1.56. The molecule has 0 aromatic carbocycles. The SMILES string of the molecule is CCOc1nccnc1NC1CCN(C(=O)c2ccc(C)s2)CC1. The van der Waals surface area contributed by atoms with Crippen LogP contribution in [0.1, 0.15) is 34.3 Å². The van der Waals surface area contributed by atoms with E-state index < -0.39 is 0 Å². The van der Waals surface area contributed by atoms with Gasteiger partial charge in [0.05, 0.1) is 11.5 Å². The summed E-state index contributed by atoms with van der Waals surface area (Å²) in [6.45, 7) is 6.00. The van der Waals surface area contributed by atoms with Gasteiger partial charge in [0.25, 0.3) is 11.8 Å². The van der Waals surface area contributed by atoms with Crippen LogP contribution in [0.5, 0.6) is 5.88 Å². The third-order valence-electron chi connectivity index (χ3n) is 4.02. The first-order chi connectivity index (χ1) is 11.7. The molecule has 0 spiro atoms. The van der Waals surface area contributed by atoms with Crippen LogP contribution in [0.25, 0.3) is 0 Å². The molecule has 3 heterocycles. The third kappa shape index (κ3) is 3.84. The van der Waals surface area contributed by atoms with Gasteiger partial charge < -0.3 is 15.0 Å². The number of aromatic nitrogens is 2. The van der Waals surface area contributed by atoms with Gasteiger partial charge in [-0.25, -0.2) is 9.97 Å². The molecule has 0 atom stereocenters. The van der Waals surface area contributed by atoms with Gasteiger partial charge in [-0.15, -0.1) is 11.3 Å². The number of carbonyl (C=O) groups excluding carboxylic acids is 1. The van der Waals surface area contributed by atoms with E-state index in [2.05, 4.69) is 15.3 Å². The number of hydrogen-bond donors (Lipinski definition) is 1. The van der Waals surface area contributed by atoms with Gasteiger partial charge in [0.1, 0.15) is 0 Å². The molecule has 0 saturated carbocycles. The summed E-state index contributed by atoms with van der Waals surface area (Å²) in [5.41, 5.74) is 0. The molecule has 0 bridgehead atoms. The molecule has 0 radical (unpaired) electrons. The van der Waals surface area contributed by atoms with Crippen LogP contribution in [0.15, 0.2) is 24.5 Å². The maximum Gasteiger partial charge on any atom is 0.263 e. The molecule has 24 heavy (non-hydrogen) atoms. The molecule has 0 aliphatic carbocycles. The van der Waals surface area contributed by atoms with E-state index in [0.29, 0.717) is 18.3 Å². The highest BCUT2D eigenvalue weighted by Crippen LogP contribution is 2.24. The Morgan fingerprint density at radius 3 is 2.75 bits per heavy atom. The number of carbonyl (C=O) groups is 1. The number of ether oxygens (including phenoxy) is 1. The van der Waals surface area contributed by atoms with Crippen molar-refractivity contribution in [2.75, 3.05) is 25.0 Å². The number of nitrogens with one attached hydrogen (secondary N) is 1. The highest BCUT2D eigenvalue weighted by molar-refractivity contribution is 7.13. The standard InChI is InChI=1S/C17H22N4O2S/c1-3-23-16-15(18-8-9-19-16)20-13-6-10-21(11-7-13)17(22)14-5-4-12(2)24-14/h4-5,8-9,13H,3,6-7,10-11H2,1-2H3,(H,18,20). The van der Waals surface area contributed by atoms with Gasteiger partial charge in [0, 0.05) is 36.4 Å². The van der Waals surface area contributed by atoms with Crippen molar-refractivity contribution in [3.8, 4) is 5.88 Å². The van der Waals surface area contributed by atoms with Gasteiger partial charge in [0.2, 0.25) is 0 Å². The van der Waals surface area contributed by atoms with Gasteiger partial charge in [0.15, 0.2) is 5.82 Å². The summed E-state index contributed by atoms with van der Waals surface area (Å²) in [5.74, 6) is 1.35. The molecule has 1 N–H and O–H groups in total. The predicted molar refractivity (Wildman–Crippen MR) is 94.8 cm³/mol. The molecule has 1 fully saturated rings. The molecule has 1 amide bonds. The van der Waals surface area contributed by atoms with Crippen molar-refractivity contribution in [2.24, 2.45) is 0 Å². The predicted octanol–water partition coefficient (Wildman–Crippen LogP) is 2.96. The van der Waals surface area contributed by atoms with Crippen LogP contribution in [0, 0.1) is 6.92 Å². The van der Waals surface area contributed by atoms with Gasteiger partial charge >= 0.3 is 0 Å². The van der Waals surface area contributed by atoms with E-state index in [0.717, 1.165) is 30.8 Å². The maximum absolute atomic E-state index is 12.5. The average molecular weight is 346 g/mol. The first-order valence-electron chi connectivity index (χ1n) is 8.23. The molecule has 2 aromatic rings. The zero-order chi connectivity index (χ0) is 16.9. The van der Waals surface area contributed by atoms with Crippen LogP contribution in [-0.2, 0) is 0 Å². The minimum Gasteiger partial charge on any atom is -0.475 e. The number of aryl methyl sites for hydroxylation is 1. The molecule has 6 nitrogen and oxygen atoms in total. The first kappa shape index (κ1) is 16.7. The average Bonchev–Trinajstić information content (AvgIpc) is 3.03. The fraction of sp³-hybridized carbons (Fsp3) is 0.471. The molecule has 0 unspecified atom stereocenters. The Kier molecular flexibility index (Phi) is 5.30. The van der Waals surface area contributed by atoms with Crippen molar-refractivity contribution in [3.63, 3.8) is 0 Å². The normalized spacial score (nSPS) is 15.3. The van der Waals surface area contributed by atoms with Crippen molar-refractivity contribution >= 4 is 23.1 Å². The smallest absolute Gasteiger partial charge is 0.263 e.